The average Bonchev–Trinajstić information content (AvgIpc) is 3.35. The van der Waals surface area contributed by atoms with Gasteiger partial charge >= 0.3 is 0 Å². The maximum absolute atomic E-state index is 13.0. The van der Waals surface area contributed by atoms with Gasteiger partial charge in [0.1, 0.15) is 18.2 Å². The van der Waals surface area contributed by atoms with Crippen LogP contribution in [0.3, 0.4) is 0 Å². The van der Waals surface area contributed by atoms with E-state index in [1.165, 1.54) is 12.1 Å². The highest BCUT2D eigenvalue weighted by atomic mass is 32.2. The van der Waals surface area contributed by atoms with E-state index in [0.29, 0.717) is 11.3 Å². The summed E-state index contributed by atoms with van der Waals surface area (Å²) >= 11 is 0. The summed E-state index contributed by atoms with van der Waals surface area (Å²) in [6.45, 7) is 2.00. The second kappa shape index (κ2) is 8.73. The number of hydrogen-bond donors (Lipinski definition) is 1. The van der Waals surface area contributed by atoms with Crippen molar-refractivity contribution in [2.45, 2.75) is 31.5 Å². The van der Waals surface area contributed by atoms with Crippen molar-refractivity contribution in [3.63, 3.8) is 0 Å². The van der Waals surface area contributed by atoms with Gasteiger partial charge in [0.25, 0.3) is 5.91 Å². The SMILES string of the molecule is O=C(NC1CS(=O)(=O)CC1N1CCCC1)c1cccc(OCc2ccc(F)cc2)c1. The molecule has 30 heavy (non-hydrogen) atoms. The maximum atomic E-state index is 13.0. The Balaban J connectivity index is 1.41. The van der Waals surface area contributed by atoms with Crippen molar-refractivity contribution in [3.05, 3.63) is 65.5 Å². The Kier molecular flexibility index (Phi) is 6.06. The van der Waals surface area contributed by atoms with Crippen LogP contribution in [-0.4, -0.2) is 55.9 Å². The fraction of sp³-hybridized carbons (Fsp3) is 0.409. The summed E-state index contributed by atoms with van der Waals surface area (Å²) in [7, 11) is -3.17. The van der Waals surface area contributed by atoms with Crippen molar-refractivity contribution in [1.29, 1.82) is 0 Å². The molecule has 2 aliphatic heterocycles. The van der Waals surface area contributed by atoms with Gasteiger partial charge in [0.2, 0.25) is 0 Å². The monoisotopic (exact) mass is 432 g/mol. The van der Waals surface area contributed by atoms with Crippen molar-refractivity contribution >= 4 is 15.7 Å². The zero-order chi connectivity index (χ0) is 21.1. The number of sulfone groups is 1. The lowest BCUT2D eigenvalue weighted by Crippen LogP contribution is -2.50. The molecular weight excluding hydrogens is 407 g/mol. The third-order valence-electron chi connectivity index (χ3n) is 5.66. The molecule has 2 unspecified atom stereocenters. The zero-order valence-electron chi connectivity index (χ0n) is 16.6. The molecule has 0 aliphatic carbocycles. The summed E-state index contributed by atoms with van der Waals surface area (Å²) in [5.74, 6) is -0.0337. The van der Waals surface area contributed by atoms with Gasteiger partial charge in [0.15, 0.2) is 9.84 Å². The minimum absolute atomic E-state index is 0.0271. The maximum Gasteiger partial charge on any atom is 0.251 e. The van der Waals surface area contributed by atoms with Gasteiger partial charge in [-0.2, -0.15) is 0 Å². The number of carbonyl (C=O) groups excluding carboxylic acids is 1. The van der Waals surface area contributed by atoms with Gasteiger partial charge in [0.05, 0.1) is 17.5 Å². The van der Waals surface area contributed by atoms with Crippen LogP contribution < -0.4 is 10.1 Å². The van der Waals surface area contributed by atoms with E-state index >= 15 is 0 Å². The summed E-state index contributed by atoms with van der Waals surface area (Å²) in [5.41, 5.74) is 1.23. The number of hydrogen-bond acceptors (Lipinski definition) is 5. The molecule has 2 aromatic rings. The topological polar surface area (TPSA) is 75.7 Å². The molecule has 1 amide bonds. The van der Waals surface area contributed by atoms with Gasteiger partial charge in [-0.05, 0) is 61.8 Å². The average molecular weight is 433 g/mol. The van der Waals surface area contributed by atoms with E-state index in [-0.39, 0.29) is 35.9 Å². The molecule has 0 spiro atoms. The molecule has 0 saturated carbocycles. The Bertz CT molecular complexity index is 1000. The van der Waals surface area contributed by atoms with E-state index in [9.17, 15) is 17.6 Å². The summed E-state index contributed by atoms with van der Waals surface area (Å²) < 4.78 is 43.1. The molecule has 0 radical (unpaired) electrons. The molecule has 2 fully saturated rings. The molecule has 2 atom stereocenters. The minimum atomic E-state index is -3.17. The molecule has 8 heteroatoms. The van der Waals surface area contributed by atoms with Crippen molar-refractivity contribution in [2.24, 2.45) is 0 Å². The number of carbonyl (C=O) groups is 1. The minimum Gasteiger partial charge on any atom is -0.489 e. The lowest BCUT2D eigenvalue weighted by atomic mass is 10.1. The number of nitrogens with one attached hydrogen (secondary N) is 1. The second-order valence-electron chi connectivity index (χ2n) is 7.91. The number of halogens is 1. The summed E-state index contributed by atoms with van der Waals surface area (Å²) in [6, 6.07) is 12.2. The normalized spacial score (nSPS) is 23.4. The first kappa shape index (κ1) is 20.8. The number of rotatable bonds is 6. The van der Waals surface area contributed by atoms with Crippen LogP contribution in [-0.2, 0) is 16.4 Å². The van der Waals surface area contributed by atoms with Crippen molar-refractivity contribution in [2.75, 3.05) is 24.6 Å². The van der Waals surface area contributed by atoms with Gasteiger partial charge in [-0.15, -0.1) is 0 Å². The van der Waals surface area contributed by atoms with E-state index in [0.717, 1.165) is 31.5 Å². The molecule has 0 aromatic heterocycles. The molecule has 0 bridgehead atoms. The molecule has 6 nitrogen and oxygen atoms in total. The van der Waals surface area contributed by atoms with E-state index in [4.69, 9.17) is 4.74 Å². The fourth-order valence-electron chi connectivity index (χ4n) is 4.13. The van der Waals surface area contributed by atoms with Crippen LogP contribution in [0.15, 0.2) is 48.5 Å². The third kappa shape index (κ3) is 4.99. The lowest BCUT2D eigenvalue weighted by Gasteiger charge is -2.28. The van der Waals surface area contributed by atoms with Crippen LogP contribution in [0.2, 0.25) is 0 Å². The number of ether oxygens (including phenoxy) is 1. The van der Waals surface area contributed by atoms with Crippen molar-refractivity contribution < 1.29 is 22.3 Å². The number of amides is 1. The Labute approximate surface area is 176 Å². The molecule has 1 N–H and O–H groups in total. The van der Waals surface area contributed by atoms with E-state index in [1.54, 1.807) is 36.4 Å². The molecule has 2 heterocycles. The second-order valence-corrected chi connectivity index (χ2v) is 10.1. The highest BCUT2D eigenvalue weighted by Gasteiger charge is 2.42. The Morgan fingerprint density at radius 3 is 2.57 bits per heavy atom. The first-order valence-electron chi connectivity index (χ1n) is 10.1. The number of likely N-dealkylation sites (tertiary alicyclic amines) is 1. The quantitative estimate of drug-likeness (QED) is 0.759. The standard InChI is InChI=1S/C22H25FN2O4S/c23-18-8-6-16(7-9-18)13-29-19-5-3-4-17(12-19)22(26)24-20-14-30(27,28)15-21(20)25-10-1-2-11-25/h3-9,12,20-21H,1-2,10-11,13-15H2,(H,24,26). The van der Waals surface area contributed by atoms with E-state index < -0.39 is 15.9 Å². The zero-order valence-corrected chi connectivity index (χ0v) is 17.4. The van der Waals surface area contributed by atoms with Crippen molar-refractivity contribution in [1.82, 2.24) is 10.2 Å². The van der Waals surface area contributed by atoms with E-state index in [1.807, 2.05) is 0 Å². The van der Waals surface area contributed by atoms with Crippen LogP contribution in [0.5, 0.6) is 5.75 Å². The predicted octanol–water partition coefficient (Wildman–Crippen LogP) is 2.40. The molecule has 160 valence electrons. The van der Waals surface area contributed by atoms with Gasteiger partial charge in [-0.25, -0.2) is 12.8 Å². The first-order valence-corrected chi connectivity index (χ1v) is 11.9. The molecule has 2 saturated heterocycles. The number of benzene rings is 2. The highest BCUT2D eigenvalue weighted by molar-refractivity contribution is 7.91. The smallest absolute Gasteiger partial charge is 0.251 e. The Morgan fingerprint density at radius 1 is 1.10 bits per heavy atom. The largest absolute Gasteiger partial charge is 0.489 e. The molecule has 2 aromatic carbocycles. The van der Waals surface area contributed by atoms with Gasteiger partial charge < -0.3 is 10.1 Å². The number of nitrogens with zero attached hydrogens (tertiary/aromatic N) is 1. The Morgan fingerprint density at radius 2 is 1.83 bits per heavy atom. The van der Waals surface area contributed by atoms with Gasteiger partial charge in [-0.1, -0.05) is 18.2 Å². The fourth-order valence-corrected chi connectivity index (χ4v) is 6.08. The van der Waals surface area contributed by atoms with Gasteiger partial charge in [0, 0.05) is 11.6 Å². The first-order chi connectivity index (χ1) is 14.4. The molecule has 4 rings (SSSR count). The molecular formula is C22H25FN2O4S. The van der Waals surface area contributed by atoms with Crippen LogP contribution in [0, 0.1) is 5.82 Å². The summed E-state index contributed by atoms with van der Waals surface area (Å²) in [5, 5.41) is 2.93. The van der Waals surface area contributed by atoms with E-state index in [2.05, 4.69) is 10.2 Å². The van der Waals surface area contributed by atoms with Crippen LogP contribution >= 0.6 is 0 Å². The van der Waals surface area contributed by atoms with Crippen molar-refractivity contribution in [3.8, 4) is 5.75 Å². The lowest BCUT2D eigenvalue weighted by molar-refractivity contribution is 0.0918. The van der Waals surface area contributed by atoms with Crippen LogP contribution in [0.25, 0.3) is 0 Å². The van der Waals surface area contributed by atoms with Crippen LogP contribution in [0.4, 0.5) is 4.39 Å². The van der Waals surface area contributed by atoms with Crippen LogP contribution in [0.1, 0.15) is 28.8 Å². The molecule has 2 aliphatic rings. The summed E-state index contributed by atoms with van der Waals surface area (Å²) in [6.07, 6.45) is 2.12. The highest BCUT2D eigenvalue weighted by Crippen LogP contribution is 2.23. The van der Waals surface area contributed by atoms with Gasteiger partial charge in [-0.3, -0.25) is 9.69 Å². The summed E-state index contributed by atoms with van der Waals surface area (Å²) in [4.78, 5) is 15.0. The predicted molar refractivity (Wildman–Crippen MR) is 112 cm³/mol. The third-order valence-corrected chi connectivity index (χ3v) is 7.38. The Hall–Kier alpha value is -2.45.